The molecule has 18 heavy (non-hydrogen) atoms. The number of rotatable bonds is 3. The van der Waals surface area contributed by atoms with Crippen molar-refractivity contribution in [1.82, 2.24) is 4.90 Å². The molecule has 98 valence electrons. The van der Waals surface area contributed by atoms with E-state index in [9.17, 15) is 4.79 Å². The van der Waals surface area contributed by atoms with Crippen LogP contribution in [0.2, 0.25) is 0 Å². The second-order valence-corrected chi connectivity index (χ2v) is 5.04. The standard InChI is InChI=1S/C15H22N2O/c16-14(12-13-8-4-3-5-9-13)15(18)17-10-6-1-2-7-11-17/h3-5,8-9,14H,1-2,6-7,10-12,16H2/t14-/m1/s1. The predicted octanol–water partition coefficient (Wildman–Crippen LogP) is 1.96. The van der Waals surface area contributed by atoms with Gasteiger partial charge in [-0.15, -0.1) is 0 Å². The van der Waals surface area contributed by atoms with Crippen molar-refractivity contribution in [1.29, 1.82) is 0 Å². The molecule has 2 rings (SSSR count). The maximum atomic E-state index is 12.3. The van der Waals surface area contributed by atoms with E-state index in [4.69, 9.17) is 5.73 Å². The number of amides is 1. The summed E-state index contributed by atoms with van der Waals surface area (Å²) >= 11 is 0. The molecule has 0 saturated carbocycles. The van der Waals surface area contributed by atoms with Gasteiger partial charge in [-0.2, -0.15) is 0 Å². The number of nitrogens with two attached hydrogens (primary N) is 1. The molecular weight excluding hydrogens is 224 g/mol. The Morgan fingerprint density at radius 2 is 1.72 bits per heavy atom. The Labute approximate surface area is 109 Å². The van der Waals surface area contributed by atoms with Crippen LogP contribution in [0, 0.1) is 0 Å². The summed E-state index contributed by atoms with van der Waals surface area (Å²) in [6.07, 6.45) is 5.33. The fourth-order valence-corrected chi connectivity index (χ4v) is 2.48. The van der Waals surface area contributed by atoms with Crippen molar-refractivity contribution in [2.24, 2.45) is 5.73 Å². The van der Waals surface area contributed by atoms with E-state index in [0.717, 1.165) is 31.5 Å². The van der Waals surface area contributed by atoms with Gasteiger partial charge in [-0.25, -0.2) is 0 Å². The normalized spacial score (nSPS) is 18.2. The van der Waals surface area contributed by atoms with Gasteiger partial charge < -0.3 is 10.6 Å². The van der Waals surface area contributed by atoms with Crippen LogP contribution in [0.1, 0.15) is 31.2 Å². The van der Waals surface area contributed by atoms with Gasteiger partial charge in [0.15, 0.2) is 0 Å². The molecule has 1 fully saturated rings. The van der Waals surface area contributed by atoms with Crippen molar-refractivity contribution in [3.63, 3.8) is 0 Å². The van der Waals surface area contributed by atoms with E-state index < -0.39 is 6.04 Å². The van der Waals surface area contributed by atoms with Gasteiger partial charge in [-0.1, -0.05) is 43.2 Å². The smallest absolute Gasteiger partial charge is 0.239 e. The van der Waals surface area contributed by atoms with Crippen LogP contribution in [-0.2, 0) is 11.2 Å². The first-order valence-electron chi connectivity index (χ1n) is 6.85. The van der Waals surface area contributed by atoms with Crippen molar-refractivity contribution >= 4 is 5.91 Å². The highest BCUT2D eigenvalue weighted by molar-refractivity contribution is 5.82. The van der Waals surface area contributed by atoms with Crippen molar-refractivity contribution in [3.05, 3.63) is 35.9 Å². The van der Waals surface area contributed by atoms with Crippen LogP contribution in [0.25, 0.3) is 0 Å². The van der Waals surface area contributed by atoms with Crippen LogP contribution in [0.3, 0.4) is 0 Å². The fraction of sp³-hybridized carbons (Fsp3) is 0.533. The SMILES string of the molecule is N[C@H](Cc1ccccc1)C(=O)N1CCCCCC1. The van der Waals surface area contributed by atoms with Gasteiger partial charge in [-0.05, 0) is 24.8 Å². The molecule has 1 aromatic rings. The van der Waals surface area contributed by atoms with Crippen LogP contribution in [0.4, 0.5) is 0 Å². The van der Waals surface area contributed by atoms with Crippen LogP contribution in [0.15, 0.2) is 30.3 Å². The molecule has 0 aromatic heterocycles. The lowest BCUT2D eigenvalue weighted by atomic mass is 10.1. The highest BCUT2D eigenvalue weighted by Gasteiger charge is 2.21. The van der Waals surface area contributed by atoms with Crippen LogP contribution < -0.4 is 5.73 Å². The number of carbonyl (C=O) groups is 1. The van der Waals surface area contributed by atoms with E-state index in [2.05, 4.69) is 0 Å². The second kappa shape index (κ2) is 6.55. The number of likely N-dealkylation sites (tertiary alicyclic amines) is 1. The maximum Gasteiger partial charge on any atom is 0.239 e. The summed E-state index contributed by atoms with van der Waals surface area (Å²) in [6.45, 7) is 1.75. The summed E-state index contributed by atoms with van der Waals surface area (Å²) in [5.41, 5.74) is 7.17. The third-order valence-electron chi connectivity index (χ3n) is 3.53. The molecule has 1 heterocycles. The summed E-state index contributed by atoms with van der Waals surface area (Å²) in [4.78, 5) is 14.2. The first-order chi connectivity index (χ1) is 8.77. The highest BCUT2D eigenvalue weighted by atomic mass is 16.2. The molecule has 2 N–H and O–H groups in total. The quantitative estimate of drug-likeness (QED) is 0.886. The summed E-state index contributed by atoms with van der Waals surface area (Å²) in [7, 11) is 0. The molecular formula is C15H22N2O. The van der Waals surface area contributed by atoms with Gasteiger partial charge in [0.25, 0.3) is 0 Å². The zero-order valence-electron chi connectivity index (χ0n) is 10.8. The molecule has 0 spiro atoms. The fourth-order valence-electron chi connectivity index (χ4n) is 2.48. The molecule has 0 bridgehead atoms. The minimum atomic E-state index is -0.398. The van der Waals surface area contributed by atoms with Crippen LogP contribution in [-0.4, -0.2) is 29.9 Å². The lowest BCUT2D eigenvalue weighted by molar-refractivity contribution is -0.132. The van der Waals surface area contributed by atoms with E-state index in [0.29, 0.717) is 6.42 Å². The average Bonchev–Trinajstić information content (AvgIpc) is 2.68. The van der Waals surface area contributed by atoms with E-state index in [1.54, 1.807) is 0 Å². The molecule has 1 amide bonds. The van der Waals surface area contributed by atoms with Crippen molar-refractivity contribution in [2.45, 2.75) is 38.1 Å². The number of hydrogen-bond donors (Lipinski definition) is 1. The van der Waals surface area contributed by atoms with E-state index in [1.165, 1.54) is 12.8 Å². The third-order valence-corrected chi connectivity index (χ3v) is 3.53. The molecule has 0 radical (unpaired) electrons. The largest absolute Gasteiger partial charge is 0.341 e. The second-order valence-electron chi connectivity index (χ2n) is 5.04. The van der Waals surface area contributed by atoms with Crippen LogP contribution in [0.5, 0.6) is 0 Å². The lowest BCUT2D eigenvalue weighted by Crippen LogP contribution is -2.45. The highest BCUT2D eigenvalue weighted by Crippen LogP contribution is 2.11. The Bertz CT molecular complexity index is 369. The Morgan fingerprint density at radius 3 is 2.33 bits per heavy atom. The minimum absolute atomic E-state index is 0.112. The van der Waals surface area contributed by atoms with Crippen molar-refractivity contribution in [3.8, 4) is 0 Å². The van der Waals surface area contributed by atoms with E-state index >= 15 is 0 Å². The molecule has 1 aromatic carbocycles. The maximum absolute atomic E-state index is 12.3. The zero-order chi connectivity index (χ0) is 12.8. The van der Waals surface area contributed by atoms with Gasteiger partial charge in [0.1, 0.15) is 0 Å². The molecule has 1 saturated heterocycles. The van der Waals surface area contributed by atoms with Crippen LogP contribution >= 0.6 is 0 Å². The van der Waals surface area contributed by atoms with Crippen molar-refractivity contribution in [2.75, 3.05) is 13.1 Å². The Kier molecular flexibility index (Phi) is 4.76. The molecule has 3 heteroatoms. The third kappa shape index (κ3) is 3.57. The number of nitrogens with zero attached hydrogens (tertiary/aromatic N) is 1. The van der Waals surface area contributed by atoms with E-state index in [1.807, 2.05) is 35.2 Å². The molecule has 1 aliphatic rings. The molecule has 0 aliphatic carbocycles. The summed E-state index contributed by atoms with van der Waals surface area (Å²) in [5.74, 6) is 0.112. The van der Waals surface area contributed by atoms with Crippen molar-refractivity contribution < 1.29 is 4.79 Å². The Balaban J connectivity index is 1.91. The first kappa shape index (κ1) is 13.1. The van der Waals surface area contributed by atoms with Gasteiger partial charge >= 0.3 is 0 Å². The predicted molar refractivity (Wildman–Crippen MR) is 73.2 cm³/mol. The van der Waals surface area contributed by atoms with Gasteiger partial charge in [0, 0.05) is 13.1 Å². The monoisotopic (exact) mass is 246 g/mol. The summed E-state index contributed by atoms with van der Waals surface area (Å²) in [5, 5.41) is 0. The Hall–Kier alpha value is -1.35. The molecule has 1 atom stereocenters. The number of benzene rings is 1. The Morgan fingerprint density at radius 1 is 1.11 bits per heavy atom. The summed E-state index contributed by atoms with van der Waals surface area (Å²) < 4.78 is 0. The molecule has 3 nitrogen and oxygen atoms in total. The zero-order valence-corrected chi connectivity index (χ0v) is 10.8. The number of hydrogen-bond acceptors (Lipinski definition) is 2. The lowest BCUT2D eigenvalue weighted by Gasteiger charge is -2.24. The molecule has 0 unspecified atom stereocenters. The van der Waals surface area contributed by atoms with Gasteiger partial charge in [-0.3, -0.25) is 4.79 Å². The minimum Gasteiger partial charge on any atom is -0.341 e. The summed E-state index contributed by atoms with van der Waals surface area (Å²) in [6, 6.07) is 9.60. The number of carbonyl (C=O) groups excluding carboxylic acids is 1. The topological polar surface area (TPSA) is 46.3 Å². The van der Waals surface area contributed by atoms with Gasteiger partial charge in [0.05, 0.1) is 6.04 Å². The average molecular weight is 246 g/mol. The molecule has 1 aliphatic heterocycles. The first-order valence-corrected chi connectivity index (χ1v) is 6.85. The van der Waals surface area contributed by atoms with Gasteiger partial charge in [0.2, 0.25) is 5.91 Å². The van der Waals surface area contributed by atoms with E-state index in [-0.39, 0.29) is 5.91 Å².